The average molecular weight is 300 g/mol. The van der Waals surface area contributed by atoms with Gasteiger partial charge in [0, 0.05) is 18.7 Å². The maximum Gasteiger partial charge on any atom is 0.133 e. The van der Waals surface area contributed by atoms with Gasteiger partial charge in [0.1, 0.15) is 16.7 Å². The van der Waals surface area contributed by atoms with Crippen LogP contribution in [0.15, 0.2) is 17.0 Å². The summed E-state index contributed by atoms with van der Waals surface area (Å²) in [6.45, 7) is 0.812. The molecule has 2 rings (SSSR count). The lowest BCUT2D eigenvalue weighted by Crippen LogP contribution is -2.39. The summed E-state index contributed by atoms with van der Waals surface area (Å²) in [5.41, 5.74) is 0. The molecular weight excluding hydrogens is 282 g/mol. The van der Waals surface area contributed by atoms with Gasteiger partial charge in [-0.1, -0.05) is 19.3 Å². The van der Waals surface area contributed by atoms with Gasteiger partial charge in [-0.05, 0) is 28.8 Å². The average Bonchev–Trinajstić information content (AvgIpc) is 2.37. The number of aliphatic hydroxyl groups is 1. The van der Waals surface area contributed by atoms with Gasteiger partial charge in [0.05, 0.1) is 6.61 Å². The van der Waals surface area contributed by atoms with Crippen LogP contribution >= 0.6 is 15.9 Å². The number of hydrogen-bond donors (Lipinski definition) is 1. The molecule has 4 nitrogen and oxygen atoms in total. The van der Waals surface area contributed by atoms with Gasteiger partial charge in [0.15, 0.2) is 0 Å². The minimum atomic E-state index is 0.165. The number of anilines is 1. The van der Waals surface area contributed by atoms with Crippen LogP contribution in [0.2, 0.25) is 0 Å². The lowest BCUT2D eigenvalue weighted by Gasteiger charge is -2.34. The fourth-order valence-corrected chi connectivity index (χ4v) is 2.76. The molecule has 1 saturated carbocycles. The molecule has 0 saturated heterocycles. The number of aliphatic hydroxyl groups excluding tert-OH is 1. The number of halogens is 1. The molecular formula is C12H18BrN3O. The van der Waals surface area contributed by atoms with Crippen molar-refractivity contribution in [2.24, 2.45) is 0 Å². The van der Waals surface area contributed by atoms with Gasteiger partial charge in [-0.25, -0.2) is 9.97 Å². The summed E-state index contributed by atoms with van der Waals surface area (Å²) in [6.07, 6.45) is 7.84. The summed E-state index contributed by atoms with van der Waals surface area (Å²) in [5, 5.41) is 9.20. The first-order chi connectivity index (χ1) is 8.31. The Kier molecular flexibility index (Phi) is 4.74. The van der Waals surface area contributed by atoms with E-state index in [0.717, 1.165) is 10.4 Å². The Morgan fingerprint density at radius 2 is 2.06 bits per heavy atom. The molecule has 0 bridgehead atoms. The molecule has 1 heterocycles. The minimum absolute atomic E-state index is 0.165. The van der Waals surface area contributed by atoms with Crippen LogP contribution in [-0.4, -0.2) is 34.3 Å². The van der Waals surface area contributed by atoms with Crippen molar-refractivity contribution in [2.75, 3.05) is 18.1 Å². The minimum Gasteiger partial charge on any atom is -0.395 e. The molecule has 17 heavy (non-hydrogen) atoms. The maximum absolute atomic E-state index is 9.20. The third-order valence-electron chi connectivity index (χ3n) is 3.27. The summed E-state index contributed by atoms with van der Waals surface area (Å²) in [7, 11) is 0. The van der Waals surface area contributed by atoms with Crippen LogP contribution in [0.5, 0.6) is 0 Å². The fourth-order valence-electron chi connectivity index (χ4n) is 2.47. The second kappa shape index (κ2) is 6.31. The molecule has 1 N–H and O–H groups in total. The van der Waals surface area contributed by atoms with E-state index >= 15 is 0 Å². The van der Waals surface area contributed by atoms with Gasteiger partial charge >= 0.3 is 0 Å². The Balaban J connectivity index is 2.15. The third-order valence-corrected chi connectivity index (χ3v) is 3.70. The van der Waals surface area contributed by atoms with Crippen LogP contribution in [0.1, 0.15) is 32.1 Å². The van der Waals surface area contributed by atoms with Crippen molar-refractivity contribution in [3.05, 3.63) is 17.0 Å². The van der Waals surface area contributed by atoms with Gasteiger partial charge in [0.25, 0.3) is 0 Å². The zero-order chi connectivity index (χ0) is 12.1. The van der Waals surface area contributed by atoms with Crippen molar-refractivity contribution < 1.29 is 5.11 Å². The van der Waals surface area contributed by atoms with Gasteiger partial charge in [-0.2, -0.15) is 0 Å². The van der Waals surface area contributed by atoms with E-state index in [1.807, 2.05) is 6.07 Å². The molecule has 5 heteroatoms. The van der Waals surface area contributed by atoms with E-state index in [1.165, 1.54) is 32.1 Å². The Bertz CT molecular complexity index is 355. The molecule has 1 aromatic heterocycles. The zero-order valence-electron chi connectivity index (χ0n) is 9.85. The van der Waals surface area contributed by atoms with E-state index in [-0.39, 0.29) is 6.61 Å². The van der Waals surface area contributed by atoms with Gasteiger partial charge in [0.2, 0.25) is 0 Å². The molecule has 1 aliphatic carbocycles. The van der Waals surface area contributed by atoms with Crippen molar-refractivity contribution in [2.45, 2.75) is 38.1 Å². The predicted molar refractivity (Wildman–Crippen MR) is 71.0 cm³/mol. The van der Waals surface area contributed by atoms with Crippen LogP contribution in [0.3, 0.4) is 0 Å². The Labute approximate surface area is 110 Å². The van der Waals surface area contributed by atoms with Crippen molar-refractivity contribution in [1.29, 1.82) is 0 Å². The summed E-state index contributed by atoms with van der Waals surface area (Å²) >= 11 is 3.37. The predicted octanol–water partition coefficient (Wildman–Crippen LogP) is 2.37. The van der Waals surface area contributed by atoms with Crippen LogP contribution in [0, 0.1) is 0 Å². The highest BCUT2D eigenvalue weighted by molar-refractivity contribution is 9.10. The first-order valence-corrected chi connectivity index (χ1v) is 6.95. The molecule has 0 aromatic carbocycles. The van der Waals surface area contributed by atoms with Gasteiger partial charge in [-0.3, -0.25) is 0 Å². The number of rotatable bonds is 4. The van der Waals surface area contributed by atoms with E-state index in [1.54, 1.807) is 6.33 Å². The second-order valence-electron chi connectivity index (χ2n) is 4.41. The molecule has 1 fully saturated rings. The van der Waals surface area contributed by atoms with Crippen LogP contribution < -0.4 is 4.90 Å². The second-order valence-corrected chi connectivity index (χ2v) is 5.22. The first kappa shape index (κ1) is 12.8. The summed E-state index contributed by atoms with van der Waals surface area (Å²) in [4.78, 5) is 10.6. The third kappa shape index (κ3) is 3.39. The monoisotopic (exact) mass is 299 g/mol. The van der Waals surface area contributed by atoms with Crippen molar-refractivity contribution in [3.63, 3.8) is 0 Å². The largest absolute Gasteiger partial charge is 0.395 e. The summed E-state index contributed by atoms with van der Waals surface area (Å²) < 4.78 is 0.793. The molecule has 0 atom stereocenters. The van der Waals surface area contributed by atoms with Gasteiger partial charge in [-0.15, -0.1) is 0 Å². The smallest absolute Gasteiger partial charge is 0.133 e. The van der Waals surface area contributed by atoms with E-state index in [2.05, 4.69) is 30.8 Å². The van der Waals surface area contributed by atoms with Crippen LogP contribution in [0.4, 0.5) is 5.82 Å². The van der Waals surface area contributed by atoms with Crippen molar-refractivity contribution in [3.8, 4) is 0 Å². The van der Waals surface area contributed by atoms with Gasteiger partial charge < -0.3 is 10.0 Å². The van der Waals surface area contributed by atoms with E-state index < -0.39 is 0 Å². The SMILES string of the molecule is OCCN(c1cc(Br)ncn1)C1CCCCC1. The molecule has 0 aliphatic heterocycles. The highest BCUT2D eigenvalue weighted by atomic mass is 79.9. The topological polar surface area (TPSA) is 49.2 Å². The molecule has 0 amide bonds. The molecule has 94 valence electrons. The number of nitrogens with zero attached hydrogens (tertiary/aromatic N) is 3. The van der Waals surface area contributed by atoms with Crippen molar-refractivity contribution >= 4 is 21.7 Å². The Hall–Kier alpha value is -0.680. The number of aromatic nitrogens is 2. The molecule has 0 spiro atoms. The summed E-state index contributed by atoms with van der Waals surface area (Å²) in [5.74, 6) is 0.910. The quantitative estimate of drug-likeness (QED) is 0.867. The zero-order valence-corrected chi connectivity index (χ0v) is 11.4. The van der Waals surface area contributed by atoms with Crippen molar-refractivity contribution in [1.82, 2.24) is 9.97 Å². The lowest BCUT2D eigenvalue weighted by atomic mass is 9.94. The Morgan fingerprint density at radius 3 is 2.71 bits per heavy atom. The Morgan fingerprint density at radius 1 is 1.29 bits per heavy atom. The molecule has 1 aliphatic rings. The molecule has 0 unspecified atom stereocenters. The molecule has 0 radical (unpaired) electrons. The van der Waals surface area contributed by atoms with E-state index in [0.29, 0.717) is 12.6 Å². The standard InChI is InChI=1S/C12H18BrN3O/c13-11-8-12(15-9-14-11)16(6-7-17)10-4-2-1-3-5-10/h8-10,17H,1-7H2. The van der Waals surface area contributed by atoms with Crippen LogP contribution in [-0.2, 0) is 0 Å². The van der Waals surface area contributed by atoms with E-state index in [4.69, 9.17) is 0 Å². The first-order valence-electron chi connectivity index (χ1n) is 6.16. The fraction of sp³-hybridized carbons (Fsp3) is 0.667. The maximum atomic E-state index is 9.20. The normalized spacial score (nSPS) is 17.1. The van der Waals surface area contributed by atoms with Crippen LogP contribution in [0.25, 0.3) is 0 Å². The lowest BCUT2D eigenvalue weighted by molar-refractivity contribution is 0.289. The summed E-state index contributed by atoms with van der Waals surface area (Å²) in [6, 6.07) is 2.43. The van der Waals surface area contributed by atoms with E-state index in [9.17, 15) is 5.11 Å². The highest BCUT2D eigenvalue weighted by Crippen LogP contribution is 2.26. The highest BCUT2D eigenvalue weighted by Gasteiger charge is 2.22. The molecule has 1 aromatic rings. The number of hydrogen-bond acceptors (Lipinski definition) is 4.